The Morgan fingerprint density at radius 1 is 1.21 bits per heavy atom. The number of anilines is 1. The van der Waals surface area contributed by atoms with Crippen molar-refractivity contribution in [2.75, 3.05) is 11.1 Å². The molecule has 5 nitrogen and oxygen atoms in total. The first-order valence-electron chi connectivity index (χ1n) is 6.88. The molecule has 3 aromatic rings. The van der Waals surface area contributed by atoms with Gasteiger partial charge in [-0.15, -0.1) is 10.2 Å². The highest BCUT2D eigenvalue weighted by Crippen LogP contribution is 2.28. The van der Waals surface area contributed by atoms with E-state index in [1.165, 1.54) is 11.8 Å². The molecule has 0 unspecified atom stereocenters. The van der Waals surface area contributed by atoms with E-state index in [1.54, 1.807) is 12.1 Å². The number of benzene rings is 2. The molecule has 0 aliphatic carbocycles. The quantitative estimate of drug-likeness (QED) is 0.431. The lowest BCUT2D eigenvalue weighted by molar-refractivity contribution is -0.113. The number of thioether (sulfide) groups is 1. The van der Waals surface area contributed by atoms with Gasteiger partial charge < -0.3 is 9.73 Å². The van der Waals surface area contributed by atoms with Crippen LogP contribution in [0.1, 0.15) is 0 Å². The Morgan fingerprint density at radius 2 is 2.04 bits per heavy atom. The van der Waals surface area contributed by atoms with Crippen molar-refractivity contribution >= 4 is 57.5 Å². The minimum Gasteiger partial charge on any atom is -0.411 e. The molecule has 0 aliphatic heterocycles. The Balaban J connectivity index is 1.59. The second-order valence-corrected chi connectivity index (χ2v) is 7.28. The summed E-state index contributed by atoms with van der Waals surface area (Å²) in [5, 5.41) is 11.6. The van der Waals surface area contributed by atoms with Crippen LogP contribution in [0.5, 0.6) is 0 Å². The maximum atomic E-state index is 12.0. The Bertz CT molecular complexity index is 872. The monoisotopic (exact) mass is 471 g/mol. The second-order valence-electron chi connectivity index (χ2n) is 4.70. The standard InChI is InChI=1S/C16H11ClIN3O2S/c17-13-7-2-1-6-12(13)15-20-21-16(23-15)24-9-14(22)19-11-5-3-4-10(18)8-11/h1-8H,9H2,(H,19,22). The van der Waals surface area contributed by atoms with Gasteiger partial charge in [0.2, 0.25) is 11.8 Å². The molecule has 3 rings (SSSR count). The van der Waals surface area contributed by atoms with Crippen molar-refractivity contribution in [2.45, 2.75) is 5.22 Å². The molecular formula is C16H11ClIN3O2S. The molecule has 24 heavy (non-hydrogen) atoms. The van der Waals surface area contributed by atoms with E-state index in [-0.39, 0.29) is 11.7 Å². The number of hydrogen-bond donors (Lipinski definition) is 1. The van der Waals surface area contributed by atoms with Crippen molar-refractivity contribution in [3.8, 4) is 11.5 Å². The van der Waals surface area contributed by atoms with E-state index in [2.05, 4.69) is 38.1 Å². The molecule has 1 aromatic heterocycles. The highest BCUT2D eigenvalue weighted by atomic mass is 127. The van der Waals surface area contributed by atoms with Crippen LogP contribution in [0.15, 0.2) is 58.2 Å². The fourth-order valence-electron chi connectivity index (χ4n) is 1.90. The number of rotatable bonds is 5. The molecule has 8 heteroatoms. The van der Waals surface area contributed by atoms with Gasteiger partial charge in [-0.2, -0.15) is 0 Å². The van der Waals surface area contributed by atoms with E-state index >= 15 is 0 Å². The van der Waals surface area contributed by atoms with Gasteiger partial charge in [-0.25, -0.2) is 0 Å². The summed E-state index contributed by atoms with van der Waals surface area (Å²) < 4.78 is 6.60. The van der Waals surface area contributed by atoms with E-state index in [0.29, 0.717) is 21.7 Å². The maximum absolute atomic E-state index is 12.0. The molecule has 0 saturated heterocycles. The molecular weight excluding hydrogens is 461 g/mol. The predicted molar refractivity (Wildman–Crippen MR) is 103 cm³/mol. The molecule has 0 spiro atoms. The van der Waals surface area contributed by atoms with Gasteiger partial charge in [-0.05, 0) is 52.9 Å². The normalized spacial score (nSPS) is 10.6. The first-order chi connectivity index (χ1) is 11.6. The van der Waals surface area contributed by atoms with E-state index in [4.69, 9.17) is 16.0 Å². The Hall–Kier alpha value is -1.58. The third-order valence-electron chi connectivity index (χ3n) is 2.95. The summed E-state index contributed by atoms with van der Waals surface area (Å²) in [6.45, 7) is 0. The molecule has 2 aromatic carbocycles. The first kappa shape index (κ1) is 17.2. The third kappa shape index (κ3) is 4.49. The van der Waals surface area contributed by atoms with E-state index in [0.717, 1.165) is 9.26 Å². The van der Waals surface area contributed by atoms with E-state index < -0.39 is 0 Å². The Morgan fingerprint density at radius 3 is 2.83 bits per heavy atom. The number of amides is 1. The molecule has 1 N–H and O–H groups in total. The van der Waals surface area contributed by atoms with Crippen molar-refractivity contribution in [3.05, 3.63) is 57.1 Å². The Kier molecular flexibility index (Phi) is 5.75. The summed E-state index contributed by atoms with van der Waals surface area (Å²) in [7, 11) is 0. The van der Waals surface area contributed by atoms with Crippen LogP contribution in [-0.2, 0) is 4.79 Å². The van der Waals surface area contributed by atoms with Gasteiger partial charge in [0.05, 0.1) is 16.3 Å². The van der Waals surface area contributed by atoms with E-state index in [1.807, 2.05) is 36.4 Å². The zero-order valence-electron chi connectivity index (χ0n) is 12.2. The molecule has 0 radical (unpaired) electrons. The summed E-state index contributed by atoms with van der Waals surface area (Å²) in [6.07, 6.45) is 0. The number of nitrogens with zero attached hydrogens (tertiary/aromatic N) is 2. The number of carbonyl (C=O) groups is 1. The third-order valence-corrected chi connectivity index (χ3v) is 4.76. The number of carbonyl (C=O) groups excluding carboxylic acids is 1. The number of aromatic nitrogens is 2. The maximum Gasteiger partial charge on any atom is 0.277 e. The Labute approximate surface area is 161 Å². The van der Waals surface area contributed by atoms with Gasteiger partial charge in [0.1, 0.15) is 0 Å². The number of halogens is 2. The molecule has 0 fully saturated rings. The lowest BCUT2D eigenvalue weighted by Gasteiger charge is -2.04. The van der Waals surface area contributed by atoms with Gasteiger partial charge in [-0.1, -0.05) is 41.6 Å². The van der Waals surface area contributed by atoms with Gasteiger partial charge in [-0.3, -0.25) is 4.79 Å². The molecule has 0 saturated carbocycles. The van der Waals surface area contributed by atoms with Gasteiger partial charge in [0, 0.05) is 9.26 Å². The average molecular weight is 472 g/mol. The molecule has 1 heterocycles. The largest absolute Gasteiger partial charge is 0.411 e. The summed E-state index contributed by atoms with van der Waals surface area (Å²) in [6, 6.07) is 14.8. The lowest BCUT2D eigenvalue weighted by atomic mass is 10.2. The van der Waals surface area contributed by atoms with Crippen molar-refractivity contribution in [1.82, 2.24) is 10.2 Å². The number of hydrogen-bond acceptors (Lipinski definition) is 5. The van der Waals surface area contributed by atoms with Crippen LogP contribution in [0.3, 0.4) is 0 Å². The van der Waals surface area contributed by atoms with Gasteiger partial charge in [0.25, 0.3) is 5.22 Å². The first-order valence-corrected chi connectivity index (χ1v) is 9.32. The smallest absolute Gasteiger partial charge is 0.277 e. The fraction of sp³-hybridized carbons (Fsp3) is 0.0625. The summed E-state index contributed by atoms with van der Waals surface area (Å²) in [5.41, 5.74) is 1.43. The van der Waals surface area contributed by atoms with Crippen LogP contribution in [-0.4, -0.2) is 21.9 Å². The topological polar surface area (TPSA) is 68.0 Å². The van der Waals surface area contributed by atoms with Gasteiger partial charge in [0.15, 0.2) is 0 Å². The molecule has 1 amide bonds. The van der Waals surface area contributed by atoms with Crippen molar-refractivity contribution in [1.29, 1.82) is 0 Å². The van der Waals surface area contributed by atoms with Crippen molar-refractivity contribution in [2.24, 2.45) is 0 Å². The fourth-order valence-corrected chi connectivity index (χ4v) is 3.23. The van der Waals surface area contributed by atoms with Crippen LogP contribution in [0.2, 0.25) is 5.02 Å². The second kappa shape index (κ2) is 8.00. The molecule has 122 valence electrons. The van der Waals surface area contributed by atoms with Crippen molar-refractivity contribution in [3.63, 3.8) is 0 Å². The summed E-state index contributed by atoms with van der Waals surface area (Å²) >= 11 is 9.47. The molecule has 0 aliphatic rings. The lowest BCUT2D eigenvalue weighted by Crippen LogP contribution is -2.13. The van der Waals surface area contributed by atoms with Crippen LogP contribution < -0.4 is 5.32 Å². The average Bonchev–Trinajstić information content (AvgIpc) is 3.02. The van der Waals surface area contributed by atoms with Crippen LogP contribution >= 0.6 is 46.0 Å². The highest BCUT2D eigenvalue weighted by molar-refractivity contribution is 14.1. The predicted octanol–water partition coefficient (Wildman–Crippen LogP) is 4.73. The zero-order valence-corrected chi connectivity index (χ0v) is 15.9. The van der Waals surface area contributed by atoms with Crippen LogP contribution in [0.25, 0.3) is 11.5 Å². The highest BCUT2D eigenvalue weighted by Gasteiger charge is 2.13. The SMILES string of the molecule is O=C(CSc1nnc(-c2ccccc2Cl)o1)Nc1cccc(I)c1. The minimum absolute atomic E-state index is 0.139. The summed E-state index contributed by atoms with van der Waals surface area (Å²) in [4.78, 5) is 12.0. The number of nitrogens with one attached hydrogen (secondary N) is 1. The van der Waals surface area contributed by atoms with E-state index in [9.17, 15) is 4.79 Å². The minimum atomic E-state index is -0.139. The van der Waals surface area contributed by atoms with Crippen LogP contribution in [0, 0.1) is 3.57 Å². The summed E-state index contributed by atoms with van der Waals surface area (Å²) in [5.74, 6) is 0.371. The molecule has 0 bridgehead atoms. The molecule has 0 atom stereocenters. The van der Waals surface area contributed by atoms with Crippen molar-refractivity contribution < 1.29 is 9.21 Å². The zero-order chi connectivity index (χ0) is 16.9. The van der Waals surface area contributed by atoms with Crippen LogP contribution in [0.4, 0.5) is 5.69 Å². The van der Waals surface area contributed by atoms with Gasteiger partial charge >= 0.3 is 0 Å².